The van der Waals surface area contributed by atoms with Gasteiger partial charge in [0.05, 0.1) is 0 Å². The van der Waals surface area contributed by atoms with Gasteiger partial charge in [-0.3, -0.25) is 0 Å². The first-order valence-corrected chi connectivity index (χ1v) is 8.37. The highest BCUT2D eigenvalue weighted by Gasteiger charge is 2.25. The van der Waals surface area contributed by atoms with Crippen LogP contribution in [0.2, 0.25) is 0 Å². The Morgan fingerprint density at radius 2 is 1.47 bits per heavy atom. The van der Waals surface area contributed by atoms with Gasteiger partial charge >= 0.3 is 0 Å². The third-order valence-electron chi connectivity index (χ3n) is 4.48. The van der Waals surface area contributed by atoms with Crippen LogP contribution in [0.1, 0.15) is 66.2 Å². The Morgan fingerprint density at radius 3 is 1.95 bits per heavy atom. The lowest BCUT2D eigenvalue weighted by Crippen LogP contribution is -2.39. The quantitative estimate of drug-likeness (QED) is 0.702. The lowest BCUT2D eigenvalue weighted by Gasteiger charge is -2.32. The molecular formula is C17H35NO. The van der Waals surface area contributed by atoms with Gasteiger partial charge in [-0.2, -0.15) is 0 Å². The molecule has 2 atom stereocenters. The second-order valence-electron chi connectivity index (χ2n) is 7.35. The molecule has 1 aliphatic rings. The molecule has 114 valence electrons. The summed E-state index contributed by atoms with van der Waals surface area (Å²) in [4.78, 5) is 0. The molecule has 2 unspecified atom stereocenters. The van der Waals surface area contributed by atoms with E-state index in [0.29, 0.717) is 24.5 Å². The zero-order valence-corrected chi connectivity index (χ0v) is 13.5. The summed E-state index contributed by atoms with van der Waals surface area (Å²) in [7, 11) is 0. The van der Waals surface area contributed by atoms with Crippen molar-refractivity contribution in [3.05, 3.63) is 0 Å². The Labute approximate surface area is 120 Å². The zero-order valence-electron chi connectivity index (χ0n) is 13.5. The van der Waals surface area contributed by atoms with Crippen LogP contribution < -0.4 is 5.32 Å². The molecule has 0 saturated heterocycles. The molecule has 0 heterocycles. The molecule has 2 nitrogen and oxygen atoms in total. The average Bonchev–Trinajstić information content (AvgIpc) is 2.35. The molecule has 1 aliphatic carbocycles. The molecule has 0 spiro atoms. The van der Waals surface area contributed by atoms with E-state index in [-0.39, 0.29) is 0 Å². The molecule has 0 aliphatic heterocycles. The largest absolute Gasteiger partial charge is 0.396 e. The molecule has 0 aromatic rings. The van der Waals surface area contributed by atoms with Crippen LogP contribution >= 0.6 is 0 Å². The lowest BCUT2D eigenvalue weighted by molar-refractivity contribution is 0.129. The van der Waals surface area contributed by atoms with E-state index < -0.39 is 0 Å². The zero-order chi connectivity index (χ0) is 14.3. The van der Waals surface area contributed by atoms with Crippen LogP contribution in [0.5, 0.6) is 0 Å². The van der Waals surface area contributed by atoms with Crippen molar-refractivity contribution in [1.82, 2.24) is 5.32 Å². The maximum absolute atomic E-state index is 9.49. The predicted octanol–water partition coefficient (Wildman–Crippen LogP) is 3.84. The summed E-state index contributed by atoms with van der Waals surface area (Å²) in [5.74, 6) is 2.76. The SMILES string of the molecule is CC(C)CC(CC(C)C)NCC1CCCCC1CO. The molecule has 0 aromatic heterocycles. The minimum absolute atomic E-state index is 0.380. The fraction of sp³-hybridized carbons (Fsp3) is 1.00. The number of aliphatic hydroxyl groups excluding tert-OH is 1. The third-order valence-corrected chi connectivity index (χ3v) is 4.48. The maximum Gasteiger partial charge on any atom is 0.0462 e. The second-order valence-corrected chi connectivity index (χ2v) is 7.35. The Bertz CT molecular complexity index is 217. The maximum atomic E-state index is 9.49. The van der Waals surface area contributed by atoms with E-state index in [9.17, 15) is 5.11 Å². The van der Waals surface area contributed by atoms with E-state index in [2.05, 4.69) is 33.0 Å². The first kappa shape index (κ1) is 17.0. The number of nitrogens with one attached hydrogen (secondary N) is 1. The van der Waals surface area contributed by atoms with Gasteiger partial charge in [0, 0.05) is 12.6 Å². The molecule has 19 heavy (non-hydrogen) atoms. The van der Waals surface area contributed by atoms with Crippen molar-refractivity contribution in [1.29, 1.82) is 0 Å². The van der Waals surface area contributed by atoms with Crippen molar-refractivity contribution >= 4 is 0 Å². The number of hydrogen-bond acceptors (Lipinski definition) is 2. The van der Waals surface area contributed by atoms with Crippen LogP contribution in [0.3, 0.4) is 0 Å². The highest BCUT2D eigenvalue weighted by molar-refractivity contribution is 4.79. The highest BCUT2D eigenvalue weighted by Crippen LogP contribution is 2.29. The van der Waals surface area contributed by atoms with Crippen LogP contribution in [-0.2, 0) is 0 Å². The van der Waals surface area contributed by atoms with Crippen molar-refractivity contribution in [2.24, 2.45) is 23.7 Å². The molecule has 1 rings (SSSR count). The van der Waals surface area contributed by atoms with E-state index in [1.54, 1.807) is 0 Å². The third kappa shape index (κ3) is 6.76. The predicted molar refractivity (Wildman–Crippen MR) is 83.2 cm³/mol. The van der Waals surface area contributed by atoms with Crippen molar-refractivity contribution in [3.63, 3.8) is 0 Å². The molecule has 0 bridgehead atoms. The summed E-state index contributed by atoms with van der Waals surface area (Å²) in [6.45, 7) is 10.7. The van der Waals surface area contributed by atoms with Gasteiger partial charge in [-0.1, -0.05) is 40.5 Å². The minimum atomic E-state index is 0.380. The van der Waals surface area contributed by atoms with E-state index in [1.807, 2.05) is 0 Å². The van der Waals surface area contributed by atoms with Gasteiger partial charge in [-0.05, 0) is 55.9 Å². The standard InChI is InChI=1S/C17H35NO/c1-13(2)9-17(10-14(3)4)18-11-15-7-5-6-8-16(15)12-19/h13-19H,5-12H2,1-4H3. The highest BCUT2D eigenvalue weighted by atomic mass is 16.3. The van der Waals surface area contributed by atoms with Crippen molar-refractivity contribution < 1.29 is 5.11 Å². The van der Waals surface area contributed by atoms with Gasteiger partial charge in [0.15, 0.2) is 0 Å². The minimum Gasteiger partial charge on any atom is -0.396 e. The molecule has 0 amide bonds. The summed E-state index contributed by atoms with van der Waals surface area (Å²) < 4.78 is 0. The smallest absolute Gasteiger partial charge is 0.0462 e. The van der Waals surface area contributed by atoms with Gasteiger partial charge in [0.1, 0.15) is 0 Å². The summed E-state index contributed by atoms with van der Waals surface area (Å²) in [5.41, 5.74) is 0. The lowest BCUT2D eigenvalue weighted by atomic mass is 9.79. The Hall–Kier alpha value is -0.0800. The monoisotopic (exact) mass is 269 g/mol. The number of aliphatic hydroxyl groups is 1. The Morgan fingerprint density at radius 1 is 0.947 bits per heavy atom. The van der Waals surface area contributed by atoms with Crippen LogP contribution in [0.25, 0.3) is 0 Å². The van der Waals surface area contributed by atoms with Gasteiger partial charge in [-0.15, -0.1) is 0 Å². The summed E-state index contributed by atoms with van der Waals surface area (Å²) in [6, 6.07) is 0.654. The van der Waals surface area contributed by atoms with Gasteiger partial charge in [-0.25, -0.2) is 0 Å². The van der Waals surface area contributed by atoms with Crippen molar-refractivity contribution in [3.8, 4) is 0 Å². The molecule has 1 saturated carbocycles. The fourth-order valence-corrected chi connectivity index (χ4v) is 3.51. The van der Waals surface area contributed by atoms with Crippen molar-refractivity contribution in [2.45, 2.75) is 72.3 Å². The second kappa shape index (κ2) is 8.97. The average molecular weight is 269 g/mol. The molecule has 2 N–H and O–H groups in total. The Balaban J connectivity index is 2.40. The van der Waals surface area contributed by atoms with Crippen LogP contribution in [-0.4, -0.2) is 24.3 Å². The molecule has 1 fully saturated rings. The van der Waals surface area contributed by atoms with E-state index in [1.165, 1.54) is 38.5 Å². The summed E-state index contributed by atoms with van der Waals surface area (Å²) >= 11 is 0. The first-order valence-electron chi connectivity index (χ1n) is 8.37. The molecular weight excluding hydrogens is 234 g/mol. The molecule has 0 radical (unpaired) electrons. The first-order chi connectivity index (χ1) is 9.02. The summed E-state index contributed by atoms with van der Waals surface area (Å²) in [6.07, 6.45) is 7.73. The molecule has 2 heteroatoms. The van der Waals surface area contributed by atoms with Crippen molar-refractivity contribution in [2.75, 3.05) is 13.2 Å². The van der Waals surface area contributed by atoms with Crippen LogP contribution in [0.15, 0.2) is 0 Å². The van der Waals surface area contributed by atoms with Gasteiger partial charge in [0.2, 0.25) is 0 Å². The summed E-state index contributed by atoms with van der Waals surface area (Å²) in [5, 5.41) is 13.3. The van der Waals surface area contributed by atoms with E-state index in [4.69, 9.17) is 0 Å². The molecule has 0 aromatic carbocycles. The van der Waals surface area contributed by atoms with E-state index in [0.717, 1.165) is 18.4 Å². The number of hydrogen-bond donors (Lipinski definition) is 2. The van der Waals surface area contributed by atoms with Crippen LogP contribution in [0.4, 0.5) is 0 Å². The van der Waals surface area contributed by atoms with Gasteiger partial charge in [0.25, 0.3) is 0 Å². The fourth-order valence-electron chi connectivity index (χ4n) is 3.51. The normalized spacial score (nSPS) is 24.6. The van der Waals surface area contributed by atoms with E-state index >= 15 is 0 Å². The van der Waals surface area contributed by atoms with Gasteiger partial charge < -0.3 is 10.4 Å². The topological polar surface area (TPSA) is 32.3 Å². The Kier molecular flexibility index (Phi) is 8.01. The van der Waals surface area contributed by atoms with Crippen LogP contribution in [0, 0.1) is 23.7 Å². The number of rotatable bonds is 8.